The van der Waals surface area contributed by atoms with Gasteiger partial charge >= 0.3 is 0 Å². The van der Waals surface area contributed by atoms with E-state index < -0.39 is 0 Å². The standard InChI is InChI=1S/C12H16Br2Si2/c1-5-7(3)11(13)15-9(5)10-6(2)8(4)12(14)16-10/h15-16H2,1-4H3. The largest absolute Gasteiger partial charge is 0.0969 e. The van der Waals surface area contributed by atoms with Gasteiger partial charge in [-0.25, -0.2) is 0 Å². The van der Waals surface area contributed by atoms with Gasteiger partial charge in [0.1, 0.15) is 0 Å². The molecule has 0 atom stereocenters. The van der Waals surface area contributed by atoms with Crippen LogP contribution < -0.4 is 0 Å². The Morgan fingerprint density at radius 2 is 0.938 bits per heavy atom. The highest BCUT2D eigenvalue weighted by Gasteiger charge is 2.26. The zero-order valence-electron chi connectivity index (χ0n) is 10.2. The molecule has 2 rings (SSSR count). The summed E-state index contributed by atoms with van der Waals surface area (Å²) in [6, 6.07) is 0. The van der Waals surface area contributed by atoms with Crippen LogP contribution >= 0.6 is 31.9 Å². The number of halogens is 2. The summed E-state index contributed by atoms with van der Waals surface area (Å²) in [5, 5.41) is 3.45. The van der Waals surface area contributed by atoms with Gasteiger partial charge in [0.15, 0.2) is 0 Å². The highest BCUT2D eigenvalue weighted by Crippen LogP contribution is 2.39. The molecule has 0 aromatic heterocycles. The van der Waals surface area contributed by atoms with Crippen molar-refractivity contribution in [1.82, 2.24) is 0 Å². The zero-order chi connectivity index (χ0) is 12.0. The lowest BCUT2D eigenvalue weighted by atomic mass is 10.1. The molecule has 86 valence electrons. The molecule has 2 aliphatic rings. The molecular weight excluding hydrogens is 360 g/mol. The highest BCUT2D eigenvalue weighted by molar-refractivity contribution is 9.12. The molecule has 0 N–H and O–H groups in total. The minimum Gasteiger partial charge on any atom is -0.0607 e. The van der Waals surface area contributed by atoms with Crippen LogP contribution in [0.4, 0.5) is 0 Å². The molecule has 0 spiro atoms. The molecule has 0 saturated carbocycles. The molecular formula is C12H16Br2Si2. The second-order valence-corrected chi connectivity index (χ2v) is 12.1. The van der Waals surface area contributed by atoms with Gasteiger partial charge in [-0.1, -0.05) is 42.3 Å². The maximum atomic E-state index is 3.75. The van der Waals surface area contributed by atoms with Gasteiger partial charge in [-0.2, -0.15) is 0 Å². The van der Waals surface area contributed by atoms with Crippen molar-refractivity contribution >= 4 is 50.9 Å². The van der Waals surface area contributed by atoms with Crippen LogP contribution in [0, 0.1) is 0 Å². The first-order valence-corrected chi connectivity index (χ1v) is 9.96. The van der Waals surface area contributed by atoms with E-state index in [0.29, 0.717) is 0 Å². The van der Waals surface area contributed by atoms with Crippen LogP contribution in [0.3, 0.4) is 0 Å². The Labute approximate surface area is 119 Å². The van der Waals surface area contributed by atoms with Crippen molar-refractivity contribution in [2.45, 2.75) is 27.7 Å². The fourth-order valence-electron chi connectivity index (χ4n) is 2.37. The van der Waals surface area contributed by atoms with E-state index in [1.165, 1.54) is 19.4 Å². The Morgan fingerprint density at radius 3 is 1.12 bits per heavy atom. The number of hydrogen-bond donors (Lipinski definition) is 0. The van der Waals surface area contributed by atoms with Crippen LogP contribution in [0.2, 0.25) is 0 Å². The van der Waals surface area contributed by atoms with E-state index in [1.807, 2.05) is 0 Å². The van der Waals surface area contributed by atoms with Crippen molar-refractivity contribution in [1.29, 1.82) is 0 Å². The summed E-state index contributed by atoms with van der Waals surface area (Å²) in [7, 11) is -0.429. The minimum absolute atomic E-state index is 0.215. The third kappa shape index (κ3) is 1.94. The van der Waals surface area contributed by atoms with Gasteiger partial charge in [0, 0.05) is 0 Å². The first-order chi connectivity index (χ1) is 7.43. The quantitative estimate of drug-likeness (QED) is 0.617. The van der Waals surface area contributed by atoms with E-state index in [2.05, 4.69) is 59.6 Å². The van der Waals surface area contributed by atoms with Gasteiger partial charge in [0.05, 0.1) is 19.0 Å². The average molecular weight is 376 g/mol. The number of rotatable bonds is 1. The van der Waals surface area contributed by atoms with Crippen molar-refractivity contribution in [2.75, 3.05) is 0 Å². The van der Waals surface area contributed by atoms with Crippen molar-refractivity contribution in [3.8, 4) is 0 Å². The molecule has 0 amide bonds. The van der Waals surface area contributed by atoms with E-state index in [-0.39, 0.29) is 19.0 Å². The van der Waals surface area contributed by atoms with Gasteiger partial charge in [0.25, 0.3) is 0 Å². The molecule has 0 saturated heterocycles. The second kappa shape index (κ2) is 4.55. The lowest BCUT2D eigenvalue weighted by Crippen LogP contribution is -2.04. The van der Waals surface area contributed by atoms with E-state index >= 15 is 0 Å². The van der Waals surface area contributed by atoms with E-state index in [9.17, 15) is 0 Å². The van der Waals surface area contributed by atoms with Gasteiger partial charge in [-0.05, 0) is 58.2 Å². The fourth-order valence-corrected chi connectivity index (χ4v) is 9.09. The summed E-state index contributed by atoms with van der Waals surface area (Å²) in [5.74, 6) is 0. The molecule has 4 heteroatoms. The molecule has 0 unspecified atom stereocenters. The highest BCUT2D eigenvalue weighted by atomic mass is 79.9. The van der Waals surface area contributed by atoms with Crippen molar-refractivity contribution in [3.05, 3.63) is 40.9 Å². The van der Waals surface area contributed by atoms with Crippen LogP contribution in [0.25, 0.3) is 0 Å². The molecule has 0 fully saturated rings. The molecule has 0 aromatic rings. The summed E-state index contributed by atoms with van der Waals surface area (Å²) in [6.45, 7) is 9.09. The molecule has 0 aromatic carbocycles. The van der Waals surface area contributed by atoms with Crippen molar-refractivity contribution in [3.63, 3.8) is 0 Å². The van der Waals surface area contributed by atoms with Gasteiger partial charge in [0.2, 0.25) is 0 Å². The first kappa shape index (κ1) is 12.8. The Morgan fingerprint density at radius 1 is 0.625 bits per heavy atom. The summed E-state index contributed by atoms with van der Waals surface area (Å²) in [5.41, 5.74) is 6.10. The van der Waals surface area contributed by atoms with E-state index in [0.717, 1.165) is 0 Å². The Kier molecular flexibility index (Phi) is 3.64. The lowest BCUT2D eigenvalue weighted by Gasteiger charge is -2.09. The number of allylic oxidation sites excluding steroid dienone is 6. The Balaban J connectivity index is 2.40. The fraction of sp³-hybridized carbons (Fsp3) is 0.333. The topological polar surface area (TPSA) is 0 Å². The normalized spacial score (nSPS) is 25.1. The van der Waals surface area contributed by atoms with Crippen molar-refractivity contribution < 1.29 is 0 Å². The molecule has 16 heavy (non-hydrogen) atoms. The van der Waals surface area contributed by atoms with Crippen LogP contribution in [-0.4, -0.2) is 19.0 Å². The Bertz CT molecular complexity index is 447. The SMILES string of the molecule is CC1=C(Br)[SiH2]C(C2=C(C)C(C)=C(Br)[SiH2]2)=C1C. The van der Waals surface area contributed by atoms with Crippen LogP contribution in [-0.2, 0) is 0 Å². The average Bonchev–Trinajstić information content (AvgIpc) is 2.64. The first-order valence-electron chi connectivity index (χ1n) is 5.54. The molecule has 2 heterocycles. The predicted octanol–water partition coefficient (Wildman–Crippen LogP) is 3.15. The maximum Gasteiger partial charge on any atom is 0.0969 e. The van der Waals surface area contributed by atoms with Crippen LogP contribution in [0.5, 0.6) is 0 Å². The Hall–Kier alpha value is 0.354. The predicted molar refractivity (Wildman–Crippen MR) is 85.7 cm³/mol. The molecule has 0 bridgehead atoms. The smallest absolute Gasteiger partial charge is 0.0607 e. The number of hydrogen-bond acceptors (Lipinski definition) is 0. The minimum atomic E-state index is -0.215. The van der Waals surface area contributed by atoms with Crippen molar-refractivity contribution in [2.24, 2.45) is 0 Å². The van der Waals surface area contributed by atoms with Crippen LogP contribution in [0.1, 0.15) is 27.7 Å². The van der Waals surface area contributed by atoms with Crippen LogP contribution in [0.15, 0.2) is 40.9 Å². The maximum absolute atomic E-state index is 3.75. The lowest BCUT2D eigenvalue weighted by molar-refractivity contribution is 1.32. The molecule has 0 nitrogen and oxygen atoms in total. The second-order valence-electron chi connectivity index (χ2n) is 4.62. The molecule has 0 aliphatic carbocycles. The summed E-state index contributed by atoms with van der Waals surface area (Å²) >= 11 is 7.50. The third-order valence-electron chi connectivity index (χ3n) is 3.87. The van der Waals surface area contributed by atoms with E-state index in [1.54, 1.807) is 21.5 Å². The van der Waals surface area contributed by atoms with Gasteiger partial charge < -0.3 is 0 Å². The third-order valence-corrected chi connectivity index (χ3v) is 11.5. The summed E-state index contributed by atoms with van der Waals surface area (Å²) in [4.78, 5) is 0. The van der Waals surface area contributed by atoms with Gasteiger partial charge in [-0.3, -0.25) is 0 Å². The van der Waals surface area contributed by atoms with Gasteiger partial charge in [-0.15, -0.1) is 0 Å². The zero-order valence-corrected chi connectivity index (χ0v) is 16.2. The summed E-state index contributed by atoms with van der Waals surface area (Å²) < 4.78 is 3.02. The molecule has 2 aliphatic heterocycles. The van der Waals surface area contributed by atoms with E-state index in [4.69, 9.17) is 0 Å². The monoisotopic (exact) mass is 374 g/mol. The molecule has 0 radical (unpaired) electrons. The summed E-state index contributed by atoms with van der Waals surface area (Å²) in [6.07, 6.45) is 0.